The number of ether oxygens (including phenoxy) is 1. The summed E-state index contributed by atoms with van der Waals surface area (Å²) in [5.74, 6) is -1.88. The average Bonchev–Trinajstić information content (AvgIpc) is 2.56. The fourth-order valence-corrected chi connectivity index (χ4v) is 3.60. The van der Waals surface area contributed by atoms with Crippen molar-refractivity contribution in [3.05, 3.63) is 0 Å². The number of unbranched alkanes of at least 4 members (excludes halogenated alkanes) is 5. The third kappa shape index (κ3) is 7.23. The predicted molar refractivity (Wildman–Crippen MR) is 95.8 cm³/mol. The molecule has 4 heteroatoms. The molecule has 3 unspecified atom stereocenters. The lowest BCUT2D eigenvalue weighted by atomic mass is 9.79. The summed E-state index contributed by atoms with van der Waals surface area (Å²) in [6.45, 7) is 6.36. The first-order valence-corrected chi connectivity index (χ1v) is 9.90. The van der Waals surface area contributed by atoms with Crippen molar-refractivity contribution >= 4 is 11.9 Å². The largest absolute Gasteiger partial charge is 0.481 e. The van der Waals surface area contributed by atoms with Gasteiger partial charge in [0.25, 0.3) is 0 Å². The van der Waals surface area contributed by atoms with Crippen molar-refractivity contribution < 1.29 is 19.4 Å². The fourth-order valence-electron chi connectivity index (χ4n) is 3.60. The van der Waals surface area contributed by atoms with E-state index in [1.165, 1.54) is 32.1 Å². The Kier molecular flexibility index (Phi) is 10.0. The van der Waals surface area contributed by atoms with Gasteiger partial charge in [0.1, 0.15) is 6.10 Å². The summed E-state index contributed by atoms with van der Waals surface area (Å²) < 4.78 is 5.76. The molecule has 0 aromatic heterocycles. The lowest BCUT2D eigenvalue weighted by Gasteiger charge is -2.30. The molecule has 0 spiro atoms. The maximum atomic E-state index is 12.5. The van der Waals surface area contributed by atoms with E-state index < -0.39 is 17.8 Å². The topological polar surface area (TPSA) is 63.6 Å². The van der Waals surface area contributed by atoms with Crippen molar-refractivity contribution in [2.24, 2.45) is 17.8 Å². The van der Waals surface area contributed by atoms with Gasteiger partial charge in [0.2, 0.25) is 0 Å². The lowest BCUT2D eigenvalue weighted by molar-refractivity contribution is -0.165. The first-order chi connectivity index (χ1) is 11.5. The van der Waals surface area contributed by atoms with Gasteiger partial charge in [0, 0.05) is 0 Å². The molecule has 0 aromatic rings. The Morgan fingerprint density at radius 2 is 1.58 bits per heavy atom. The molecule has 0 bridgehead atoms. The van der Waals surface area contributed by atoms with E-state index in [0.717, 1.165) is 25.7 Å². The van der Waals surface area contributed by atoms with Crippen molar-refractivity contribution in [1.29, 1.82) is 0 Å². The van der Waals surface area contributed by atoms with Gasteiger partial charge in [0.05, 0.1) is 11.8 Å². The van der Waals surface area contributed by atoms with Crippen LogP contribution in [0.15, 0.2) is 0 Å². The van der Waals surface area contributed by atoms with Gasteiger partial charge in [-0.2, -0.15) is 0 Å². The van der Waals surface area contributed by atoms with E-state index in [0.29, 0.717) is 12.8 Å². The number of hydrogen-bond donors (Lipinski definition) is 1. The van der Waals surface area contributed by atoms with Gasteiger partial charge >= 0.3 is 11.9 Å². The molecule has 0 saturated heterocycles. The third-order valence-corrected chi connectivity index (χ3v) is 5.24. The molecule has 1 aliphatic carbocycles. The van der Waals surface area contributed by atoms with Crippen LogP contribution in [0.5, 0.6) is 0 Å². The van der Waals surface area contributed by atoms with E-state index in [9.17, 15) is 14.7 Å². The first-order valence-electron chi connectivity index (χ1n) is 9.90. The number of aliphatic carboxylic acids is 1. The summed E-state index contributed by atoms with van der Waals surface area (Å²) in [6, 6.07) is 0. The number of carboxylic acids is 1. The predicted octanol–water partition coefficient (Wildman–Crippen LogP) is 5.20. The maximum Gasteiger partial charge on any atom is 0.310 e. The summed E-state index contributed by atoms with van der Waals surface area (Å²) in [6.07, 6.45) is 11.2. The summed E-state index contributed by atoms with van der Waals surface area (Å²) in [7, 11) is 0. The minimum atomic E-state index is -0.853. The highest BCUT2D eigenvalue weighted by molar-refractivity contribution is 5.81. The Hall–Kier alpha value is -1.06. The molecule has 1 saturated carbocycles. The summed E-state index contributed by atoms with van der Waals surface area (Å²) in [4.78, 5) is 23.9. The van der Waals surface area contributed by atoms with Gasteiger partial charge in [0.15, 0.2) is 0 Å². The number of carbonyl (C=O) groups excluding carboxylic acids is 1. The zero-order valence-corrected chi connectivity index (χ0v) is 15.8. The highest BCUT2D eigenvalue weighted by Crippen LogP contribution is 2.32. The minimum Gasteiger partial charge on any atom is -0.481 e. The molecule has 1 aliphatic rings. The van der Waals surface area contributed by atoms with Crippen molar-refractivity contribution in [2.45, 2.75) is 97.5 Å². The molecular formula is C20H36O4. The highest BCUT2D eigenvalue weighted by atomic mass is 16.5. The van der Waals surface area contributed by atoms with Crippen LogP contribution >= 0.6 is 0 Å². The normalized spacial score (nSPS) is 22.3. The van der Waals surface area contributed by atoms with E-state index in [-0.39, 0.29) is 18.0 Å². The number of rotatable bonds is 11. The second-order valence-electron chi connectivity index (χ2n) is 7.61. The number of hydrogen-bond acceptors (Lipinski definition) is 3. The Morgan fingerprint density at radius 1 is 1.00 bits per heavy atom. The maximum absolute atomic E-state index is 12.5. The van der Waals surface area contributed by atoms with Gasteiger partial charge in [-0.15, -0.1) is 0 Å². The number of carbonyl (C=O) groups is 2. The Morgan fingerprint density at radius 3 is 2.17 bits per heavy atom. The zero-order chi connectivity index (χ0) is 17.9. The SMILES string of the molecule is CCCCCCCCC(OC(=O)C1CCCCC1C(=O)O)C(C)C. The van der Waals surface area contributed by atoms with E-state index in [1.54, 1.807) is 0 Å². The molecule has 0 aliphatic heterocycles. The van der Waals surface area contributed by atoms with Crippen molar-refractivity contribution in [2.75, 3.05) is 0 Å². The van der Waals surface area contributed by atoms with Crippen molar-refractivity contribution in [3.8, 4) is 0 Å². The average molecular weight is 341 g/mol. The second kappa shape index (κ2) is 11.5. The molecule has 4 nitrogen and oxygen atoms in total. The van der Waals surface area contributed by atoms with Gasteiger partial charge in [-0.3, -0.25) is 9.59 Å². The van der Waals surface area contributed by atoms with Crippen LogP contribution in [0.4, 0.5) is 0 Å². The van der Waals surface area contributed by atoms with Gasteiger partial charge in [-0.1, -0.05) is 65.7 Å². The summed E-state index contributed by atoms with van der Waals surface area (Å²) >= 11 is 0. The molecule has 1 fully saturated rings. The second-order valence-corrected chi connectivity index (χ2v) is 7.61. The summed E-state index contributed by atoms with van der Waals surface area (Å²) in [5.41, 5.74) is 0. The van der Waals surface area contributed by atoms with Crippen LogP contribution in [-0.2, 0) is 14.3 Å². The van der Waals surface area contributed by atoms with Crippen molar-refractivity contribution in [3.63, 3.8) is 0 Å². The molecule has 0 aromatic carbocycles. The van der Waals surface area contributed by atoms with Crippen molar-refractivity contribution in [1.82, 2.24) is 0 Å². The number of carboxylic acid groups (broad SMARTS) is 1. The van der Waals surface area contributed by atoms with Gasteiger partial charge in [-0.05, 0) is 31.6 Å². The van der Waals surface area contributed by atoms with Crippen LogP contribution in [0.1, 0.15) is 91.4 Å². The molecule has 24 heavy (non-hydrogen) atoms. The fraction of sp³-hybridized carbons (Fsp3) is 0.900. The smallest absolute Gasteiger partial charge is 0.310 e. The Labute approximate surface area is 147 Å². The molecule has 1 rings (SSSR count). The van der Waals surface area contributed by atoms with E-state index in [2.05, 4.69) is 20.8 Å². The molecule has 0 heterocycles. The van der Waals surface area contributed by atoms with E-state index >= 15 is 0 Å². The monoisotopic (exact) mass is 340 g/mol. The van der Waals surface area contributed by atoms with Crippen LogP contribution in [0.25, 0.3) is 0 Å². The number of esters is 1. The lowest BCUT2D eigenvalue weighted by Crippen LogP contribution is -2.36. The zero-order valence-electron chi connectivity index (χ0n) is 15.8. The highest BCUT2D eigenvalue weighted by Gasteiger charge is 2.37. The third-order valence-electron chi connectivity index (χ3n) is 5.24. The molecule has 3 atom stereocenters. The molecule has 1 N–H and O–H groups in total. The Balaban J connectivity index is 2.45. The van der Waals surface area contributed by atoms with Crippen LogP contribution < -0.4 is 0 Å². The quantitative estimate of drug-likeness (QED) is 0.415. The van der Waals surface area contributed by atoms with Gasteiger partial charge in [-0.25, -0.2) is 0 Å². The van der Waals surface area contributed by atoms with Crippen LogP contribution in [0.3, 0.4) is 0 Å². The van der Waals surface area contributed by atoms with Crippen LogP contribution in [0, 0.1) is 17.8 Å². The van der Waals surface area contributed by atoms with Gasteiger partial charge < -0.3 is 9.84 Å². The molecule has 140 valence electrons. The van der Waals surface area contributed by atoms with E-state index in [1.807, 2.05) is 0 Å². The Bertz CT molecular complexity index is 378. The standard InChI is InChI=1S/C20H36O4/c1-4-5-6-7-8-9-14-18(15(2)3)24-20(23)17-13-11-10-12-16(17)19(21)22/h15-18H,4-14H2,1-3H3,(H,21,22). The molecule has 0 radical (unpaired) electrons. The summed E-state index contributed by atoms with van der Waals surface area (Å²) in [5, 5.41) is 9.34. The minimum absolute atomic E-state index is 0.0833. The molecular weight excluding hydrogens is 304 g/mol. The van der Waals surface area contributed by atoms with Crippen LogP contribution in [-0.4, -0.2) is 23.1 Å². The van der Waals surface area contributed by atoms with E-state index in [4.69, 9.17) is 4.74 Å². The van der Waals surface area contributed by atoms with Crippen LogP contribution in [0.2, 0.25) is 0 Å². The first kappa shape index (κ1) is 21.0. The molecule has 0 amide bonds.